The van der Waals surface area contributed by atoms with Crippen molar-refractivity contribution in [2.24, 2.45) is 0 Å². The second-order valence-corrected chi connectivity index (χ2v) is 5.04. The van der Waals surface area contributed by atoms with E-state index in [1.165, 1.54) is 19.4 Å². The second-order valence-electron chi connectivity index (χ2n) is 5.04. The summed E-state index contributed by atoms with van der Waals surface area (Å²) >= 11 is 0. The zero-order valence-corrected chi connectivity index (χ0v) is 10.7. The molecule has 2 aromatic heterocycles. The smallest absolute Gasteiger partial charge is 0.118 e. The molecule has 1 unspecified atom stereocenters. The molecule has 3 heterocycles. The van der Waals surface area contributed by atoms with E-state index >= 15 is 0 Å². The summed E-state index contributed by atoms with van der Waals surface area (Å²) in [6.07, 6.45) is 8.31. The van der Waals surface area contributed by atoms with Crippen LogP contribution in [0.25, 0.3) is 0 Å². The summed E-state index contributed by atoms with van der Waals surface area (Å²) in [5.41, 5.74) is 0. The summed E-state index contributed by atoms with van der Waals surface area (Å²) in [4.78, 5) is 6.61. The van der Waals surface area contributed by atoms with E-state index in [1.807, 2.05) is 31.7 Å². The number of hydrogen-bond donors (Lipinski definition) is 0. The fraction of sp³-hybridized carbons (Fsp3) is 0.500. The van der Waals surface area contributed by atoms with Crippen LogP contribution in [-0.2, 0) is 13.1 Å². The van der Waals surface area contributed by atoms with E-state index in [0.717, 1.165) is 24.6 Å². The van der Waals surface area contributed by atoms with Crippen LogP contribution in [0.1, 0.15) is 24.4 Å². The summed E-state index contributed by atoms with van der Waals surface area (Å²) in [6.45, 7) is 5.11. The third-order valence-corrected chi connectivity index (χ3v) is 3.63. The van der Waals surface area contributed by atoms with Crippen LogP contribution < -0.4 is 0 Å². The van der Waals surface area contributed by atoms with Gasteiger partial charge in [0.15, 0.2) is 0 Å². The first-order valence-electron chi connectivity index (χ1n) is 6.56. The normalized spacial score (nSPS) is 20.6. The van der Waals surface area contributed by atoms with Crippen LogP contribution in [0.5, 0.6) is 0 Å². The van der Waals surface area contributed by atoms with Gasteiger partial charge in [-0.15, -0.1) is 0 Å². The number of aromatic nitrogens is 2. The fourth-order valence-corrected chi connectivity index (χ4v) is 2.72. The average molecular weight is 245 g/mol. The quantitative estimate of drug-likeness (QED) is 0.829. The molecule has 0 N–H and O–H groups in total. The summed E-state index contributed by atoms with van der Waals surface area (Å²) in [5.74, 6) is 2.07. The molecule has 0 spiro atoms. The van der Waals surface area contributed by atoms with E-state index in [9.17, 15) is 0 Å². The molecule has 1 fully saturated rings. The largest absolute Gasteiger partial charge is 0.465 e. The number of likely N-dealkylation sites (tertiary alicyclic amines) is 1. The Kier molecular flexibility index (Phi) is 3.19. The molecule has 96 valence electrons. The Hall–Kier alpha value is -1.55. The predicted octanol–water partition coefficient (Wildman–Crippen LogP) is 2.45. The van der Waals surface area contributed by atoms with Crippen molar-refractivity contribution in [2.45, 2.75) is 38.9 Å². The van der Waals surface area contributed by atoms with E-state index in [2.05, 4.69) is 20.5 Å². The number of furan rings is 1. The highest BCUT2D eigenvalue weighted by Gasteiger charge is 2.25. The predicted molar refractivity (Wildman–Crippen MR) is 69.1 cm³/mol. The zero-order chi connectivity index (χ0) is 12.4. The molecule has 4 heteroatoms. The fourth-order valence-electron chi connectivity index (χ4n) is 2.72. The topological polar surface area (TPSA) is 34.2 Å². The van der Waals surface area contributed by atoms with Crippen LogP contribution >= 0.6 is 0 Å². The summed E-state index contributed by atoms with van der Waals surface area (Å²) in [6, 6.07) is 4.72. The number of rotatable bonds is 4. The molecule has 1 aliphatic heterocycles. The maximum Gasteiger partial charge on any atom is 0.118 e. The van der Waals surface area contributed by atoms with E-state index in [0.29, 0.717) is 6.04 Å². The SMILES string of the molecule is Cc1ccc(CN2CCCC2Cn2ccnc2)o1. The first-order valence-corrected chi connectivity index (χ1v) is 6.56. The van der Waals surface area contributed by atoms with Crippen molar-refractivity contribution in [3.8, 4) is 0 Å². The number of imidazole rings is 1. The van der Waals surface area contributed by atoms with Crippen LogP contribution in [0, 0.1) is 6.92 Å². The summed E-state index contributed by atoms with van der Waals surface area (Å²) in [5, 5.41) is 0. The van der Waals surface area contributed by atoms with Gasteiger partial charge in [-0.05, 0) is 38.4 Å². The molecule has 1 saturated heterocycles. The lowest BCUT2D eigenvalue weighted by atomic mass is 10.2. The van der Waals surface area contributed by atoms with Gasteiger partial charge in [-0.1, -0.05) is 0 Å². The molecule has 18 heavy (non-hydrogen) atoms. The minimum Gasteiger partial charge on any atom is -0.465 e. The van der Waals surface area contributed by atoms with Crippen LogP contribution in [0.4, 0.5) is 0 Å². The zero-order valence-electron chi connectivity index (χ0n) is 10.7. The third-order valence-electron chi connectivity index (χ3n) is 3.63. The number of hydrogen-bond acceptors (Lipinski definition) is 3. The Morgan fingerprint density at radius 2 is 2.39 bits per heavy atom. The van der Waals surface area contributed by atoms with Crippen molar-refractivity contribution in [3.05, 3.63) is 42.4 Å². The maximum absolute atomic E-state index is 5.67. The molecule has 1 aliphatic rings. The Balaban J connectivity index is 1.64. The molecule has 0 aromatic carbocycles. The summed E-state index contributed by atoms with van der Waals surface area (Å²) in [7, 11) is 0. The van der Waals surface area contributed by atoms with Crippen LogP contribution in [0.2, 0.25) is 0 Å². The Morgan fingerprint density at radius 3 is 3.11 bits per heavy atom. The molecular weight excluding hydrogens is 226 g/mol. The number of aryl methyl sites for hydroxylation is 1. The molecular formula is C14H19N3O. The second kappa shape index (κ2) is 4.98. The minimum absolute atomic E-state index is 0.601. The maximum atomic E-state index is 5.67. The lowest BCUT2D eigenvalue weighted by molar-refractivity contribution is 0.207. The van der Waals surface area contributed by atoms with E-state index in [1.54, 1.807) is 0 Å². The standard InChI is InChI=1S/C14H19N3O/c1-12-4-5-14(18-12)10-17-7-2-3-13(17)9-16-8-6-15-11-16/h4-6,8,11,13H,2-3,7,9-10H2,1H3. The highest BCUT2D eigenvalue weighted by molar-refractivity contribution is 5.06. The van der Waals surface area contributed by atoms with Gasteiger partial charge in [0.05, 0.1) is 12.9 Å². The van der Waals surface area contributed by atoms with Crippen molar-refractivity contribution in [1.29, 1.82) is 0 Å². The van der Waals surface area contributed by atoms with Gasteiger partial charge in [0, 0.05) is 25.0 Å². The molecule has 3 rings (SSSR count). The lowest BCUT2D eigenvalue weighted by Crippen LogP contribution is -2.32. The molecule has 0 amide bonds. The molecule has 0 bridgehead atoms. The van der Waals surface area contributed by atoms with E-state index in [-0.39, 0.29) is 0 Å². The Bertz CT molecular complexity index is 489. The molecule has 2 aromatic rings. The molecule has 4 nitrogen and oxygen atoms in total. The van der Waals surface area contributed by atoms with Crippen molar-refractivity contribution in [2.75, 3.05) is 6.54 Å². The van der Waals surface area contributed by atoms with Gasteiger partial charge in [-0.25, -0.2) is 4.98 Å². The van der Waals surface area contributed by atoms with Crippen molar-refractivity contribution < 1.29 is 4.42 Å². The highest BCUT2D eigenvalue weighted by atomic mass is 16.3. The molecule has 0 aliphatic carbocycles. The van der Waals surface area contributed by atoms with Crippen molar-refractivity contribution in [3.63, 3.8) is 0 Å². The van der Waals surface area contributed by atoms with Gasteiger partial charge < -0.3 is 8.98 Å². The average Bonchev–Trinajstić information content (AvgIpc) is 3.05. The van der Waals surface area contributed by atoms with Crippen molar-refractivity contribution in [1.82, 2.24) is 14.5 Å². The van der Waals surface area contributed by atoms with Gasteiger partial charge in [-0.2, -0.15) is 0 Å². The lowest BCUT2D eigenvalue weighted by Gasteiger charge is -2.23. The van der Waals surface area contributed by atoms with Crippen LogP contribution in [0.3, 0.4) is 0 Å². The highest BCUT2D eigenvalue weighted by Crippen LogP contribution is 2.22. The minimum atomic E-state index is 0.601. The van der Waals surface area contributed by atoms with Gasteiger partial charge in [0.1, 0.15) is 11.5 Å². The number of nitrogens with zero attached hydrogens (tertiary/aromatic N) is 3. The van der Waals surface area contributed by atoms with Gasteiger partial charge in [0.25, 0.3) is 0 Å². The summed E-state index contributed by atoms with van der Waals surface area (Å²) < 4.78 is 7.83. The first kappa shape index (κ1) is 11.5. The molecule has 0 saturated carbocycles. The van der Waals surface area contributed by atoms with Gasteiger partial charge >= 0.3 is 0 Å². The first-order chi connectivity index (χ1) is 8.81. The molecule has 1 atom stereocenters. The Morgan fingerprint density at radius 1 is 1.44 bits per heavy atom. The van der Waals surface area contributed by atoms with Gasteiger partial charge in [-0.3, -0.25) is 4.90 Å². The molecule has 0 radical (unpaired) electrons. The third kappa shape index (κ3) is 2.48. The monoisotopic (exact) mass is 245 g/mol. The van der Waals surface area contributed by atoms with Crippen LogP contribution in [0.15, 0.2) is 35.3 Å². The van der Waals surface area contributed by atoms with E-state index in [4.69, 9.17) is 4.42 Å². The van der Waals surface area contributed by atoms with Gasteiger partial charge in [0.2, 0.25) is 0 Å². The van der Waals surface area contributed by atoms with E-state index < -0.39 is 0 Å². The van der Waals surface area contributed by atoms with Crippen molar-refractivity contribution >= 4 is 0 Å². The van der Waals surface area contributed by atoms with Crippen LogP contribution in [-0.4, -0.2) is 27.0 Å². The Labute approximate surface area is 107 Å².